The molecule has 1 heterocycles. The molecule has 1 aromatic heterocycles. The molecule has 0 N–H and O–H groups in total. The fourth-order valence-corrected chi connectivity index (χ4v) is 1.71. The average Bonchev–Trinajstić information content (AvgIpc) is 2.35. The van der Waals surface area contributed by atoms with Gasteiger partial charge in [0, 0.05) is 16.6 Å². The van der Waals surface area contributed by atoms with E-state index in [2.05, 4.69) is 20.9 Å². The van der Waals surface area contributed by atoms with E-state index >= 15 is 0 Å². The monoisotopic (exact) mass is 307 g/mol. The van der Waals surface area contributed by atoms with Gasteiger partial charge in [-0.25, -0.2) is 4.98 Å². The van der Waals surface area contributed by atoms with E-state index in [9.17, 15) is 0 Å². The van der Waals surface area contributed by atoms with Crippen molar-refractivity contribution < 1.29 is 9.47 Å². The third-order valence-corrected chi connectivity index (χ3v) is 3.17. The highest BCUT2D eigenvalue weighted by molar-refractivity contribution is 9.10. The summed E-state index contributed by atoms with van der Waals surface area (Å²) in [7, 11) is 0. The number of rotatable bonds is 4. The van der Waals surface area contributed by atoms with Crippen LogP contribution in [-0.2, 0) is 0 Å². The fraction of sp³-hybridized carbons (Fsp3) is 0.214. The molecule has 0 unspecified atom stereocenters. The van der Waals surface area contributed by atoms with Crippen molar-refractivity contribution in [2.45, 2.75) is 13.8 Å². The molecule has 0 amide bonds. The third kappa shape index (κ3) is 3.23. The zero-order valence-electron chi connectivity index (χ0n) is 10.3. The normalized spacial score (nSPS) is 10.2. The second kappa shape index (κ2) is 5.87. The van der Waals surface area contributed by atoms with Gasteiger partial charge < -0.3 is 9.47 Å². The molecule has 0 saturated carbocycles. The first-order chi connectivity index (χ1) is 8.69. The Balaban J connectivity index is 2.17. The highest BCUT2D eigenvalue weighted by Gasteiger charge is 2.03. The SMILES string of the molecule is CCOc1cccc(Oc2ccc(Br)c(C)n2)c1. The summed E-state index contributed by atoms with van der Waals surface area (Å²) in [6, 6.07) is 11.3. The number of halogens is 1. The summed E-state index contributed by atoms with van der Waals surface area (Å²) in [6.07, 6.45) is 0. The highest BCUT2D eigenvalue weighted by atomic mass is 79.9. The number of pyridine rings is 1. The van der Waals surface area contributed by atoms with E-state index in [0.717, 1.165) is 21.7 Å². The predicted molar refractivity (Wildman–Crippen MR) is 74.4 cm³/mol. The lowest BCUT2D eigenvalue weighted by Crippen LogP contribution is -1.93. The molecule has 2 aromatic rings. The minimum atomic E-state index is 0.573. The molecule has 0 aliphatic carbocycles. The summed E-state index contributed by atoms with van der Waals surface area (Å²) < 4.78 is 12.1. The minimum Gasteiger partial charge on any atom is -0.494 e. The van der Waals surface area contributed by atoms with Crippen LogP contribution in [0.25, 0.3) is 0 Å². The van der Waals surface area contributed by atoms with E-state index in [1.165, 1.54) is 0 Å². The number of benzene rings is 1. The van der Waals surface area contributed by atoms with Crippen molar-refractivity contribution in [3.8, 4) is 17.4 Å². The van der Waals surface area contributed by atoms with Crippen LogP contribution in [0.2, 0.25) is 0 Å². The molecule has 0 radical (unpaired) electrons. The van der Waals surface area contributed by atoms with Gasteiger partial charge in [0.1, 0.15) is 11.5 Å². The summed E-state index contributed by atoms with van der Waals surface area (Å²) in [6.45, 7) is 4.51. The quantitative estimate of drug-likeness (QED) is 0.842. The Bertz CT molecular complexity index is 543. The van der Waals surface area contributed by atoms with Crippen molar-refractivity contribution in [1.82, 2.24) is 4.98 Å². The maximum atomic E-state index is 5.69. The van der Waals surface area contributed by atoms with Crippen molar-refractivity contribution in [2.75, 3.05) is 6.61 Å². The second-order valence-corrected chi connectivity index (χ2v) is 4.58. The molecule has 0 saturated heterocycles. The Morgan fingerprint density at radius 2 is 1.94 bits per heavy atom. The maximum absolute atomic E-state index is 5.69. The van der Waals surface area contributed by atoms with E-state index in [0.29, 0.717) is 12.5 Å². The lowest BCUT2D eigenvalue weighted by molar-refractivity contribution is 0.338. The zero-order valence-corrected chi connectivity index (χ0v) is 11.9. The van der Waals surface area contributed by atoms with Crippen LogP contribution in [0.3, 0.4) is 0 Å². The van der Waals surface area contributed by atoms with Gasteiger partial charge in [-0.3, -0.25) is 0 Å². The Labute approximate surface area is 115 Å². The summed E-state index contributed by atoms with van der Waals surface area (Å²) in [5, 5.41) is 0. The van der Waals surface area contributed by atoms with Crippen LogP contribution in [-0.4, -0.2) is 11.6 Å². The van der Waals surface area contributed by atoms with E-state index in [4.69, 9.17) is 9.47 Å². The molecule has 94 valence electrons. The number of aromatic nitrogens is 1. The van der Waals surface area contributed by atoms with Crippen LogP contribution in [0.15, 0.2) is 40.9 Å². The smallest absolute Gasteiger partial charge is 0.219 e. The largest absolute Gasteiger partial charge is 0.494 e. The average molecular weight is 308 g/mol. The molecule has 0 aliphatic heterocycles. The number of nitrogens with zero attached hydrogens (tertiary/aromatic N) is 1. The topological polar surface area (TPSA) is 31.4 Å². The molecule has 3 nitrogen and oxygen atoms in total. The van der Waals surface area contributed by atoms with Gasteiger partial charge in [-0.15, -0.1) is 0 Å². The van der Waals surface area contributed by atoms with Gasteiger partial charge in [-0.05, 0) is 48.0 Å². The van der Waals surface area contributed by atoms with Crippen LogP contribution in [0.4, 0.5) is 0 Å². The standard InChI is InChI=1S/C14H14BrNO2/c1-3-17-11-5-4-6-12(9-11)18-14-8-7-13(15)10(2)16-14/h4-9H,3H2,1-2H3. The van der Waals surface area contributed by atoms with Crippen molar-refractivity contribution >= 4 is 15.9 Å². The van der Waals surface area contributed by atoms with Crippen molar-refractivity contribution in [3.05, 3.63) is 46.6 Å². The zero-order chi connectivity index (χ0) is 13.0. The number of ether oxygens (including phenoxy) is 2. The molecular formula is C14H14BrNO2. The number of aryl methyl sites for hydroxylation is 1. The van der Waals surface area contributed by atoms with E-state index < -0.39 is 0 Å². The molecule has 0 bridgehead atoms. The van der Waals surface area contributed by atoms with Crippen LogP contribution >= 0.6 is 15.9 Å². The fourth-order valence-electron chi connectivity index (χ4n) is 1.49. The number of hydrogen-bond acceptors (Lipinski definition) is 3. The summed E-state index contributed by atoms with van der Waals surface area (Å²) in [4.78, 5) is 4.33. The molecule has 18 heavy (non-hydrogen) atoms. The molecule has 0 fully saturated rings. The highest BCUT2D eigenvalue weighted by Crippen LogP contribution is 2.25. The summed E-state index contributed by atoms with van der Waals surface area (Å²) in [5.41, 5.74) is 0.897. The Hall–Kier alpha value is -1.55. The Kier molecular flexibility index (Phi) is 4.20. The van der Waals surface area contributed by atoms with E-state index in [-0.39, 0.29) is 0 Å². The van der Waals surface area contributed by atoms with Crippen LogP contribution < -0.4 is 9.47 Å². The molecule has 1 aromatic carbocycles. The lowest BCUT2D eigenvalue weighted by atomic mass is 10.3. The van der Waals surface area contributed by atoms with Crippen LogP contribution in [0.5, 0.6) is 17.4 Å². The molecular weight excluding hydrogens is 294 g/mol. The van der Waals surface area contributed by atoms with Crippen molar-refractivity contribution in [3.63, 3.8) is 0 Å². The van der Waals surface area contributed by atoms with E-state index in [1.807, 2.05) is 50.2 Å². The van der Waals surface area contributed by atoms with Gasteiger partial charge in [-0.1, -0.05) is 6.07 Å². The summed E-state index contributed by atoms with van der Waals surface area (Å²) in [5.74, 6) is 2.09. The van der Waals surface area contributed by atoms with Gasteiger partial charge in [0.25, 0.3) is 0 Å². The van der Waals surface area contributed by atoms with Gasteiger partial charge in [0.05, 0.1) is 12.3 Å². The molecule has 2 rings (SSSR count). The molecule has 0 aliphatic rings. The molecule has 0 atom stereocenters. The minimum absolute atomic E-state index is 0.573. The maximum Gasteiger partial charge on any atom is 0.219 e. The van der Waals surface area contributed by atoms with Gasteiger partial charge in [-0.2, -0.15) is 0 Å². The van der Waals surface area contributed by atoms with Crippen molar-refractivity contribution in [1.29, 1.82) is 0 Å². The molecule has 0 spiro atoms. The van der Waals surface area contributed by atoms with Crippen LogP contribution in [0, 0.1) is 6.92 Å². The first kappa shape index (κ1) is 12.9. The first-order valence-electron chi connectivity index (χ1n) is 5.73. The van der Waals surface area contributed by atoms with E-state index in [1.54, 1.807) is 0 Å². The molecule has 4 heteroatoms. The Morgan fingerprint density at radius 1 is 1.17 bits per heavy atom. The van der Waals surface area contributed by atoms with Gasteiger partial charge >= 0.3 is 0 Å². The first-order valence-corrected chi connectivity index (χ1v) is 6.52. The van der Waals surface area contributed by atoms with Crippen molar-refractivity contribution in [2.24, 2.45) is 0 Å². The van der Waals surface area contributed by atoms with Crippen LogP contribution in [0.1, 0.15) is 12.6 Å². The van der Waals surface area contributed by atoms with Gasteiger partial charge in [0.2, 0.25) is 5.88 Å². The summed E-state index contributed by atoms with van der Waals surface area (Å²) >= 11 is 3.41. The number of hydrogen-bond donors (Lipinski definition) is 0. The van der Waals surface area contributed by atoms with Gasteiger partial charge in [0.15, 0.2) is 0 Å². The Morgan fingerprint density at radius 3 is 2.67 bits per heavy atom. The lowest BCUT2D eigenvalue weighted by Gasteiger charge is -2.08. The second-order valence-electron chi connectivity index (χ2n) is 3.73. The predicted octanol–water partition coefficient (Wildman–Crippen LogP) is 4.34. The third-order valence-electron chi connectivity index (χ3n) is 2.33.